The van der Waals surface area contributed by atoms with Crippen molar-refractivity contribution in [3.05, 3.63) is 22.4 Å². The summed E-state index contributed by atoms with van der Waals surface area (Å²) in [5.41, 5.74) is -0.714. The van der Waals surface area contributed by atoms with E-state index in [1.54, 1.807) is 11.3 Å². The Morgan fingerprint density at radius 2 is 2.00 bits per heavy atom. The number of thiophene rings is 1. The monoisotopic (exact) mass is 306 g/mol. The molecule has 5 heteroatoms. The Labute approximate surface area is 127 Å². The predicted molar refractivity (Wildman–Crippen MR) is 76.9 cm³/mol. The minimum Gasteiger partial charge on any atom is -0.455 e. The fourth-order valence-electron chi connectivity index (χ4n) is 4.56. The third-order valence-electron chi connectivity index (χ3n) is 5.83. The Morgan fingerprint density at radius 1 is 1.24 bits per heavy atom. The van der Waals surface area contributed by atoms with Gasteiger partial charge in [0.25, 0.3) is 0 Å². The molecule has 21 heavy (non-hydrogen) atoms. The minimum atomic E-state index is -0.711. The summed E-state index contributed by atoms with van der Waals surface area (Å²) in [6, 6.07) is 1.99. The maximum Gasteiger partial charge on any atom is 0.339 e. The highest BCUT2D eigenvalue weighted by molar-refractivity contribution is 7.08. The number of carbonyl (C=O) groups is 2. The van der Waals surface area contributed by atoms with Gasteiger partial charge in [0.05, 0.1) is 5.41 Å². The first-order chi connectivity index (χ1) is 9.84. The lowest BCUT2D eigenvalue weighted by atomic mass is 9.51. The molecule has 0 bridgehead atoms. The topological polar surface area (TPSA) is 55.9 Å². The number of Topliss-reactive ketones (excluding diaryl/α,β-unsaturated/α-hetero) is 1. The highest BCUT2D eigenvalue weighted by Crippen LogP contribution is 2.71. The molecule has 4 rings (SSSR count). The lowest BCUT2D eigenvalue weighted by molar-refractivity contribution is -0.180. The summed E-state index contributed by atoms with van der Waals surface area (Å²) in [6.07, 6.45) is 0.290. The van der Waals surface area contributed by atoms with Crippen LogP contribution in [-0.2, 0) is 19.1 Å². The summed E-state index contributed by atoms with van der Waals surface area (Å²) in [6.45, 7) is 5.93. The molecular formula is C16H18O4S. The second kappa shape index (κ2) is 3.76. The number of carbonyl (C=O) groups excluding carboxylic acids is 2. The van der Waals surface area contributed by atoms with E-state index in [1.165, 1.54) is 0 Å². The van der Waals surface area contributed by atoms with Crippen LogP contribution in [-0.4, -0.2) is 23.5 Å². The van der Waals surface area contributed by atoms with Crippen LogP contribution in [0.25, 0.3) is 0 Å². The zero-order chi connectivity index (χ0) is 15.0. The van der Waals surface area contributed by atoms with Gasteiger partial charge in [-0.1, -0.05) is 6.92 Å². The van der Waals surface area contributed by atoms with E-state index in [0.29, 0.717) is 12.8 Å². The second-order valence-electron chi connectivity index (χ2n) is 7.07. The van der Waals surface area contributed by atoms with Crippen molar-refractivity contribution in [1.82, 2.24) is 0 Å². The quantitative estimate of drug-likeness (QED) is 0.591. The van der Waals surface area contributed by atoms with Crippen molar-refractivity contribution in [3.63, 3.8) is 0 Å². The van der Waals surface area contributed by atoms with Crippen molar-refractivity contribution < 1.29 is 19.1 Å². The Hall–Kier alpha value is -1.20. The molecule has 1 spiro atoms. The first-order valence-electron chi connectivity index (χ1n) is 7.28. The van der Waals surface area contributed by atoms with E-state index in [4.69, 9.17) is 9.47 Å². The van der Waals surface area contributed by atoms with Crippen LogP contribution in [0.2, 0.25) is 0 Å². The van der Waals surface area contributed by atoms with Gasteiger partial charge in [-0.25, -0.2) is 4.79 Å². The third kappa shape index (κ3) is 1.35. The molecule has 0 aromatic carbocycles. The Balaban J connectivity index is 1.88. The zero-order valence-corrected chi connectivity index (χ0v) is 13.2. The van der Waals surface area contributed by atoms with Crippen LogP contribution in [0.15, 0.2) is 16.8 Å². The summed E-state index contributed by atoms with van der Waals surface area (Å²) in [7, 11) is 0. The summed E-state index contributed by atoms with van der Waals surface area (Å²) in [5.74, 6) is -0.146. The maximum atomic E-state index is 12.4. The van der Waals surface area contributed by atoms with Gasteiger partial charge >= 0.3 is 5.97 Å². The average Bonchev–Trinajstić information content (AvgIpc) is 3.02. The van der Waals surface area contributed by atoms with Gasteiger partial charge in [0.15, 0.2) is 6.10 Å². The van der Waals surface area contributed by atoms with E-state index < -0.39 is 17.1 Å². The molecule has 1 aromatic heterocycles. The number of ether oxygens (including phenoxy) is 2. The van der Waals surface area contributed by atoms with Crippen LogP contribution < -0.4 is 0 Å². The number of rotatable bonds is 1. The normalized spacial score (nSPS) is 43.8. The number of cyclic esters (lactones) is 1. The standard InChI is InChI=1S/C16H18O4S/c1-14(2)10(17)4-6-15(3)11(9-5-7-21-8-9)19-13(18)12-16(14,15)20-12/h5,7-8,11-12H,4,6H2,1-3H3/t11-,12+,15-,16-/m0/s1. The van der Waals surface area contributed by atoms with E-state index >= 15 is 0 Å². The van der Waals surface area contributed by atoms with Gasteiger partial charge in [-0.15, -0.1) is 0 Å². The van der Waals surface area contributed by atoms with Gasteiger partial charge in [-0.3, -0.25) is 4.79 Å². The zero-order valence-electron chi connectivity index (χ0n) is 12.3. The van der Waals surface area contributed by atoms with Crippen molar-refractivity contribution in [2.75, 3.05) is 0 Å². The summed E-state index contributed by atoms with van der Waals surface area (Å²) < 4.78 is 11.6. The lowest BCUT2D eigenvalue weighted by Gasteiger charge is -2.52. The van der Waals surface area contributed by atoms with E-state index in [9.17, 15) is 9.59 Å². The molecule has 3 heterocycles. The largest absolute Gasteiger partial charge is 0.455 e. The predicted octanol–water partition coefficient (Wildman–Crippen LogP) is 2.88. The molecule has 0 amide bonds. The van der Waals surface area contributed by atoms with Crippen LogP contribution in [0.4, 0.5) is 0 Å². The van der Waals surface area contributed by atoms with Crippen LogP contribution in [0.1, 0.15) is 45.3 Å². The lowest BCUT2D eigenvalue weighted by Crippen LogP contribution is -2.62. The summed E-state index contributed by atoms with van der Waals surface area (Å²) in [4.78, 5) is 24.7. The van der Waals surface area contributed by atoms with Crippen molar-refractivity contribution >= 4 is 23.1 Å². The number of hydrogen-bond donors (Lipinski definition) is 0. The number of epoxide rings is 1. The Bertz CT molecular complexity index is 635. The van der Waals surface area contributed by atoms with E-state index in [1.807, 2.05) is 30.7 Å². The molecular weight excluding hydrogens is 288 g/mol. The molecule has 1 aliphatic carbocycles. The third-order valence-corrected chi connectivity index (χ3v) is 6.54. The minimum absolute atomic E-state index is 0.182. The van der Waals surface area contributed by atoms with Gasteiger partial charge in [0.2, 0.25) is 0 Å². The molecule has 0 N–H and O–H groups in total. The summed E-state index contributed by atoms with van der Waals surface area (Å²) >= 11 is 1.59. The fourth-order valence-corrected chi connectivity index (χ4v) is 5.24. The molecule has 2 aliphatic heterocycles. The molecule has 0 radical (unpaired) electrons. The van der Waals surface area contributed by atoms with Gasteiger partial charge in [0, 0.05) is 17.4 Å². The molecule has 3 fully saturated rings. The van der Waals surface area contributed by atoms with Crippen LogP contribution in [0.3, 0.4) is 0 Å². The first kappa shape index (κ1) is 13.5. The van der Waals surface area contributed by atoms with Gasteiger partial charge in [-0.2, -0.15) is 11.3 Å². The summed E-state index contributed by atoms with van der Waals surface area (Å²) in [5, 5.41) is 4.00. The molecule has 2 saturated heterocycles. The molecule has 4 nitrogen and oxygen atoms in total. The molecule has 1 aromatic rings. The molecule has 3 aliphatic rings. The smallest absolute Gasteiger partial charge is 0.339 e. The Morgan fingerprint density at radius 3 is 2.67 bits per heavy atom. The van der Waals surface area contributed by atoms with Crippen molar-refractivity contribution in [3.8, 4) is 0 Å². The van der Waals surface area contributed by atoms with E-state index in [0.717, 1.165) is 5.56 Å². The van der Waals surface area contributed by atoms with Crippen LogP contribution in [0.5, 0.6) is 0 Å². The SMILES string of the molecule is CC1(C)C(=O)CC[C@@]2(C)[C@H](c3ccsc3)OC(=O)[C@H]3O[C@@]312. The maximum absolute atomic E-state index is 12.4. The molecule has 0 unspecified atom stereocenters. The highest BCUT2D eigenvalue weighted by Gasteiger charge is 2.83. The van der Waals surface area contributed by atoms with E-state index in [-0.39, 0.29) is 23.3 Å². The molecule has 112 valence electrons. The van der Waals surface area contributed by atoms with Crippen molar-refractivity contribution in [2.24, 2.45) is 10.8 Å². The van der Waals surface area contributed by atoms with Crippen molar-refractivity contribution in [1.29, 1.82) is 0 Å². The number of hydrogen-bond acceptors (Lipinski definition) is 5. The fraction of sp³-hybridized carbons (Fsp3) is 0.625. The van der Waals surface area contributed by atoms with Gasteiger partial charge in [-0.05, 0) is 37.1 Å². The van der Waals surface area contributed by atoms with E-state index in [2.05, 4.69) is 6.92 Å². The van der Waals surface area contributed by atoms with Gasteiger partial charge in [0.1, 0.15) is 17.5 Å². The van der Waals surface area contributed by atoms with Crippen LogP contribution in [0, 0.1) is 10.8 Å². The van der Waals surface area contributed by atoms with Crippen molar-refractivity contribution in [2.45, 2.75) is 51.4 Å². The molecule has 4 atom stereocenters. The average molecular weight is 306 g/mol. The highest BCUT2D eigenvalue weighted by atomic mass is 32.1. The second-order valence-corrected chi connectivity index (χ2v) is 7.85. The van der Waals surface area contributed by atoms with Crippen LogP contribution >= 0.6 is 11.3 Å². The van der Waals surface area contributed by atoms with Gasteiger partial charge < -0.3 is 9.47 Å². The Kier molecular flexibility index (Phi) is 2.41. The number of esters is 1. The first-order valence-corrected chi connectivity index (χ1v) is 8.22. The number of ketones is 1. The molecule has 1 saturated carbocycles.